The van der Waals surface area contributed by atoms with Crippen molar-refractivity contribution in [2.24, 2.45) is 5.73 Å². The summed E-state index contributed by atoms with van der Waals surface area (Å²) < 4.78 is 30.9. The molecule has 1 aromatic rings. The molecule has 0 bridgehead atoms. The van der Waals surface area contributed by atoms with Crippen LogP contribution in [-0.2, 0) is 0 Å². The summed E-state index contributed by atoms with van der Waals surface area (Å²) in [7, 11) is 0. The van der Waals surface area contributed by atoms with Crippen LogP contribution in [0.3, 0.4) is 0 Å². The molecule has 0 fully saturated rings. The van der Waals surface area contributed by atoms with Crippen LogP contribution < -0.4 is 10.5 Å². The van der Waals surface area contributed by atoms with E-state index in [-0.39, 0.29) is 24.5 Å². The van der Waals surface area contributed by atoms with E-state index in [4.69, 9.17) is 15.7 Å². The number of hydrogen-bond donors (Lipinski definition) is 1. The van der Waals surface area contributed by atoms with E-state index >= 15 is 0 Å². The largest absolute Gasteiger partial charge is 0.489 e. The molecular weight excluding hydrogens is 190 g/mol. The highest BCUT2D eigenvalue weighted by molar-refractivity contribution is 5.37. The number of benzene rings is 1. The van der Waals surface area contributed by atoms with Crippen LogP contribution in [0, 0.1) is 23.0 Å². The minimum atomic E-state index is -1.19. The van der Waals surface area contributed by atoms with Crippen molar-refractivity contribution in [1.82, 2.24) is 0 Å². The van der Waals surface area contributed by atoms with Gasteiger partial charge in [-0.2, -0.15) is 9.65 Å². The maximum Gasteiger partial charge on any atom is 0.201 e. The highest BCUT2D eigenvalue weighted by atomic mass is 19.2. The lowest BCUT2D eigenvalue weighted by atomic mass is 10.2. The Kier molecular flexibility index (Phi) is 3.37. The summed E-state index contributed by atoms with van der Waals surface area (Å²) in [6.07, 6.45) is 0. The van der Waals surface area contributed by atoms with Crippen LogP contribution in [0.5, 0.6) is 5.75 Å². The zero-order valence-electron chi connectivity index (χ0n) is 7.26. The Labute approximate surface area is 79.7 Å². The third kappa shape index (κ3) is 1.98. The minimum Gasteiger partial charge on any atom is -0.489 e. The molecular formula is C9H8F2N2O. The SMILES string of the molecule is N#Cc1ccc(OCCN)c(F)c1F. The van der Waals surface area contributed by atoms with Crippen LogP contribution in [-0.4, -0.2) is 13.2 Å². The number of rotatable bonds is 3. The standard InChI is InChI=1S/C9H8F2N2O/c10-8-6(5-13)1-2-7(9(8)11)14-4-3-12/h1-2H,3-4,12H2. The molecule has 0 amide bonds. The molecule has 3 nitrogen and oxygen atoms in total. The maximum absolute atomic E-state index is 13.1. The van der Waals surface area contributed by atoms with Gasteiger partial charge in [-0.3, -0.25) is 0 Å². The Morgan fingerprint density at radius 1 is 1.36 bits per heavy atom. The third-order valence-electron chi connectivity index (χ3n) is 1.54. The van der Waals surface area contributed by atoms with E-state index < -0.39 is 11.6 Å². The first-order valence-electron chi connectivity index (χ1n) is 3.91. The molecule has 0 radical (unpaired) electrons. The van der Waals surface area contributed by atoms with Gasteiger partial charge in [0.05, 0.1) is 5.56 Å². The Balaban J connectivity index is 3.00. The van der Waals surface area contributed by atoms with Crippen LogP contribution in [0.4, 0.5) is 8.78 Å². The lowest BCUT2D eigenvalue weighted by Gasteiger charge is -2.06. The van der Waals surface area contributed by atoms with Gasteiger partial charge in [-0.1, -0.05) is 0 Å². The molecule has 0 aromatic heterocycles. The first-order chi connectivity index (χ1) is 6.70. The summed E-state index contributed by atoms with van der Waals surface area (Å²) >= 11 is 0. The molecule has 0 saturated heterocycles. The second-order valence-electron chi connectivity index (χ2n) is 2.49. The zero-order valence-corrected chi connectivity index (χ0v) is 7.26. The van der Waals surface area contributed by atoms with Crippen LogP contribution >= 0.6 is 0 Å². The maximum atomic E-state index is 13.1. The number of nitrogens with zero attached hydrogens (tertiary/aromatic N) is 1. The van der Waals surface area contributed by atoms with Crippen molar-refractivity contribution in [2.45, 2.75) is 0 Å². The fourth-order valence-corrected chi connectivity index (χ4v) is 0.898. The predicted molar refractivity (Wildman–Crippen MR) is 45.6 cm³/mol. The molecule has 5 heteroatoms. The van der Waals surface area contributed by atoms with Gasteiger partial charge in [0.25, 0.3) is 0 Å². The Morgan fingerprint density at radius 2 is 2.07 bits per heavy atom. The van der Waals surface area contributed by atoms with E-state index in [1.807, 2.05) is 0 Å². The Morgan fingerprint density at radius 3 is 2.64 bits per heavy atom. The van der Waals surface area contributed by atoms with Crippen LogP contribution in [0.2, 0.25) is 0 Å². The molecule has 0 saturated carbocycles. The van der Waals surface area contributed by atoms with Crippen LogP contribution in [0.1, 0.15) is 5.56 Å². The van der Waals surface area contributed by atoms with Crippen molar-refractivity contribution in [3.63, 3.8) is 0 Å². The number of halogens is 2. The highest BCUT2D eigenvalue weighted by Crippen LogP contribution is 2.21. The summed E-state index contributed by atoms with van der Waals surface area (Å²) in [6.45, 7) is 0.309. The molecule has 0 heterocycles. The van der Waals surface area contributed by atoms with Gasteiger partial charge in [0.1, 0.15) is 12.7 Å². The number of nitriles is 1. The molecule has 74 valence electrons. The second kappa shape index (κ2) is 4.53. The lowest BCUT2D eigenvalue weighted by molar-refractivity contribution is 0.304. The molecule has 0 atom stereocenters. The molecule has 14 heavy (non-hydrogen) atoms. The van der Waals surface area contributed by atoms with E-state index in [9.17, 15) is 8.78 Å². The molecule has 0 aliphatic rings. The van der Waals surface area contributed by atoms with Gasteiger partial charge < -0.3 is 10.5 Å². The average molecular weight is 198 g/mol. The van der Waals surface area contributed by atoms with Gasteiger partial charge in [0.15, 0.2) is 11.6 Å². The minimum absolute atomic E-state index is 0.0995. The second-order valence-corrected chi connectivity index (χ2v) is 2.49. The molecule has 0 aliphatic heterocycles. The Bertz CT molecular complexity index is 374. The first-order valence-corrected chi connectivity index (χ1v) is 3.91. The number of ether oxygens (including phenoxy) is 1. The quantitative estimate of drug-likeness (QED) is 0.793. The van der Waals surface area contributed by atoms with Gasteiger partial charge in [0.2, 0.25) is 5.82 Å². The van der Waals surface area contributed by atoms with Crippen molar-refractivity contribution in [3.8, 4) is 11.8 Å². The fraction of sp³-hybridized carbons (Fsp3) is 0.222. The van der Waals surface area contributed by atoms with Crippen molar-refractivity contribution < 1.29 is 13.5 Å². The summed E-state index contributed by atoms with van der Waals surface area (Å²) in [5, 5.41) is 8.39. The number of nitrogens with two attached hydrogens (primary N) is 1. The van der Waals surface area contributed by atoms with E-state index in [2.05, 4.69) is 0 Å². The summed E-state index contributed by atoms with van der Waals surface area (Å²) in [5.41, 5.74) is 4.78. The first kappa shape index (κ1) is 10.4. The molecule has 0 unspecified atom stereocenters. The predicted octanol–water partition coefficient (Wildman–Crippen LogP) is 1.17. The highest BCUT2D eigenvalue weighted by Gasteiger charge is 2.13. The molecule has 0 spiro atoms. The normalized spacial score (nSPS) is 9.57. The average Bonchev–Trinajstić information content (AvgIpc) is 2.20. The summed E-state index contributed by atoms with van der Waals surface area (Å²) in [6, 6.07) is 3.88. The van der Waals surface area contributed by atoms with Crippen molar-refractivity contribution >= 4 is 0 Å². The third-order valence-corrected chi connectivity index (χ3v) is 1.54. The van der Waals surface area contributed by atoms with E-state index in [1.165, 1.54) is 12.1 Å². The fourth-order valence-electron chi connectivity index (χ4n) is 0.898. The smallest absolute Gasteiger partial charge is 0.201 e. The van der Waals surface area contributed by atoms with Crippen molar-refractivity contribution in [2.75, 3.05) is 13.2 Å². The zero-order chi connectivity index (χ0) is 10.6. The number of hydrogen-bond acceptors (Lipinski definition) is 3. The van der Waals surface area contributed by atoms with Crippen molar-refractivity contribution in [1.29, 1.82) is 5.26 Å². The summed E-state index contributed by atoms with van der Waals surface area (Å²) in [4.78, 5) is 0. The topological polar surface area (TPSA) is 59.0 Å². The molecule has 1 aromatic carbocycles. The van der Waals surface area contributed by atoms with Crippen molar-refractivity contribution in [3.05, 3.63) is 29.3 Å². The molecule has 2 N–H and O–H groups in total. The van der Waals surface area contributed by atoms with E-state index in [0.717, 1.165) is 6.07 Å². The summed E-state index contributed by atoms with van der Waals surface area (Å²) in [5.74, 6) is -2.58. The van der Waals surface area contributed by atoms with Gasteiger partial charge in [-0.15, -0.1) is 0 Å². The molecule has 0 aliphatic carbocycles. The lowest BCUT2D eigenvalue weighted by Crippen LogP contribution is -2.11. The van der Waals surface area contributed by atoms with Gasteiger partial charge in [-0.25, -0.2) is 4.39 Å². The molecule has 1 rings (SSSR count). The van der Waals surface area contributed by atoms with E-state index in [1.54, 1.807) is 0 Å². The van der Waals surface area contributed by atoms with Gasteiger partial charge >= 0.3 is 0 Å². The van der Waals surface area contributed by atoms with E-state index in [0.29, 0.717) is 0 Å². The van der Waals surface area contributed by atoms with Crippen LogP contribution in [0.25, 0.3) is 0 Å². The Hall–Kier alpha value is -1.67. The monoisotopic (exact) mass is 198 g/mol. The van der Waals surface area contributed by atoms with Gasteiger partial charge in [0, 0.05) is 6.54 Å². The van der Waals surface area contributed by atoms with Crippen LogP contribution in [0.15, 0.2) is 12.1 Å². The van der Waals surface area contributed by atoms with Gasteiger partial charge in [-0.05, 0) is 12.1 Å².